The Bertz CT molecular complexity index is 7140. The average molecular weight is 2220 g/mol. The highest BCUT2D eigenvalue weighted by Gasteiger charge is 2.40. The van der Waals surface area contributed by atoms with Crippen LogP contribution in [0.15, 0.2) is 263 Å². The lowest BCUT2D eigenvalue weighted by Crippen LogP contribution is -2.34. The highest BCUT2D eigenvalue weighted by Crippen LogP contribution is 2.41. The van der Waals surface area contributed by atoms with Crippen molar-refractivity contribution in [2.24, 2.45) is 0 Å². The van der Waals surface area contributed by atoms with Crippen LogP contribution in [-0.4, -0.2) is 165 Å². The van der Waals surface area contributed by atoms with Gasteiger partial charge >= 0.3 is 28.9 Å². The Morgan fingerprint density at radius 3 is 1.11 bits per heavy atom. The highest BCUT2D eigenvalue weighted by atomic mass is 79.9. The molecule has 0 saturated heterocycles. The predicted octanol–water partition coefficient (Wildman–Crippen LogP) is 19.7. The molecule has 0 saturated carbocycles. The van der Waals surface area contributed by atoms with Gasteiger partial charge in [-0.05, 0) is 215 Å². The van der Waals surface area contributed by atoms with Crippen LogP contribution in [0, 0.1) is 20.8 Å². The van der Waals surface area contributed by atoms with Crippen LogP contribution in [0.1, 0.15) is 98.1 Å². The third kappa shape index (κ3) is 32.0. The number of hydrogen-bond donors (Lipinski definition) is 4. The zero-order chi connectivity index (χ0) is 107. The molecule has 6 aromatic heterocycles. The number of hydroxylamine groups is 2. The van der Waals surface area contributed by atoms with Gasteiger partial charge in [-0.1, -0.05) is 102 Å². The SMILES string of the molecule is COCN(c1cc(Cl)cnc1Br)S(=O)(=O)c1ccc(C)c(C(F)(F)F)c1.COCN(c1cc(Cl)cnc1C(=O)c1ccnc(N(Cc2ccc(OC)cc2)Cc2ccc(OC)cc2)c1)S(=O)(=O)c1ccc(C)c(C(F)(F)F)c1.COc1ccc(CN(Cc2ccc(OC)cc2)c2cc(C(=O)N(C)OC)ccn2)cc1.Cc1ccc(S(=O)(=O)Nc2cc(Cl)cnc2C(=O)c2ccnc(N)c2)cc1C(F)(F)F.O=S(=O)(O)O. The van der Waals surface area contributed by atoms with Gasteiger partial charge in [-0.15, -0.1) is 0 Å². The minimum atomic E-state index is -4.81. The van der Waals surface area contributed by atoms with E-state index in [-0.39, 0.29) is 87.7 Å². The van der Waals surface area contributed by atoms with E-state index in [1.807, 2.05) is 102 Å². The number of carbonyl (C=O) groups is 3. The second kappa shape index (κ2) is 50.4. The number of anilines is 6. The van der Waals surface area contributed by atoms with Gasteiger partial charge in [0.15, 0.2) is 0 Å². The molecule has 0 aliphatic heterocycles. The summed E-state index contributed by atoms with van der Waals surface area (Å²) in [6, 6.07) is 51.6. The minimum Gasteiger partial charge on any atom is -0.497 e. The molecule has 0 spiro atoms. The van der Waals surface area contributed by atoms with E-state index in [0.29, 0.717) is 77.4 Å². The molecular formula is C95H90BrCl3F9N13O20S4. The molecule has 1 amide bonds. The quantitative estimate of drug-likeness (QED) is 0.00741. The first kappa shape index (κ1) is 115. The van der Waals surface area contributed by atoms with Crippen molar-refractivity contribution in [3.8, 4) is 23.0 Å². The van der Waals surface area contributed by atoms with Gasteiger partial charge in [-0.3, -0.25) is 33.0 Å². The number of nitrogens with two attached hydrogens (primary N) is 1. The first-order chi connectivity index (χ1) is 68.1. The van der Waals surface area contributed by atoms with Crippen LogP contribution in [-0.2, 0) is 99.5 Å². The van der Waals surface area contributed by atoms with Gasteiger partial charge in [0.1, 0.15) is 69.9 Å². The van der Waals surface area contributed by atoms with Gasteiger partial charge < -0.3 is 44.0 Å². The molecule has 0 bridgehead atoms. The number of methoxy groups -OCH3 is 6. The van der Waals surface area contributed by atoms with Gasteiger partial charge in [0, 0.05) is 101 Å². The second-order valence-electron chi connectivity index (χ2n) is 30.6. The molecule has 0 aliphatic carbocycles. The molecule has 7 aromatic carbocycles. The highest BCUT2D eigenvalue weighted by molar-refractivity contribution is 9.10. The lowest BCUT2D eigenvalue weighted by atomic mass is 10.1. The first-order valence-corrected chi connectivity index (χ1v) is 49.3. The van der Waals surface area contributed by atoms with Crippen molar-refractivity contribution in [3.05, 3.63) is 347 Å². The Morgan fingerprint density at radius 1 is 0.414 bits per heavy atom. The monoisotopic (exact) mass is 2220 g/mol. The van der Waals surface area contributed by atoms with Gasteiger partial charge in [0.05, 0.1) is 99.1 Å². The largest absolute Gasteiger partial charge is 0.497 e. The molecule has 145 heavy (non-hydrogen) atoms. The van der Waals surface area contributed by atoms with Crippen LogP contribution in [0.25, 0.3) is 0 Å². The van der Waals surface area contributed by atoms with E-state index >= 15 is 0 Å². The molecule has 0 atom stereocenters. The minimum absolute atomic E-state index is 0.00313. The summed E-state index contributed by atoms with van der Waals surface area (Å²) in [6.07, 6.45) is -6.27. The molecule has 13 aromatic rings. The van der Waals surface area contributed by atoms with E-state index in [4.69, 9.17) is 91.3 Å². The lowest BCUT2D eigenvalue weighted by Gasteiger charge is -2.26. The van der Waals surface area contributed by atoms with Crippen LogP contribution in [0.3, 0.4) is 0 Å². The van der Waals surface area contributed by atoms with Crippen molar-refractivity contribution in [2.75, 3.05) is 99.1 Å². The summed E-state index contributed by atoms with van der Waals surface area (Å²) in [6.45, 7) is 4.58. The smallest absolute Gasteiger partial charge is 0.416 e. The van der Waals surface area contributed by atoms with Gasteiger partial charge in [0.25, 0.3) is 36.0 Å². The topological polar surface area (TPSA) is 424 Å². The number of amides is 1. The molecule has 6 heterocycles. The molecule has 13 rings (SSSR count). The number of nitrogen functional groups attached to an aromatic ring is 1. The molecule has 0 radical (unpaired) electrons. The van der Waals surface area contributed by atoms with Crippen molar-refractivity contribution < 1.29 is 130 Å². The third-order valence-electron chi connectivity index (χ3n) is 20.6. The molecule has 33 nitrogen and oxygen atoms in total. The standard InChI is InChI=1S/C37H34ClF3N4O6S.C24H27N3O4.C19H14ClF3N4O3S.C15H13BrClF3N2O3S.H2O4S/c1-24-5-14-31(19-32(24)37(39,40)41)52(47,48)45(23-49-2)33-18-28(38)20-43-35(33)36(46)27-15-16-42-34(17-27)44(21-25-6-10-29(50-3)11-7-25)22-26-8-12-30(51-4)13-9-26;1-26(31-4)24(28)20-13-14-25-23(15-20)27(16-18-5-9-21(29-2)10-6-18)17-19-7-11-22(30-3)12-8-19;1-10-2-3-13(8-14(10)19(21,22)23)31(29,30)27-15-7-12(20)9-26-17(15)18(28)11-4-5-25-16(24)6-11;1-9-3-4-11(6-12(9)15(18,19)20)26(23,24)22(8-25-2)13-5-10(17)7-21-14(13)16;1-5(2,3)4/h5-20H,21-23H2,1-4H3;5-15H,16-17H2,1-4H3;2-9,27H,1H3,(H2,24,25);3-7H,8H2,1-2H3;(H2,1,2,3,4). The summed E-state index contributed by atoms with van der Waals surface area (Å²) in [7, 11) is -6.37. The number of alkyl halides is 9. The Morgan fingerprint density at radius 2 is 0.738 bits per heavy atom. The Balaban J connectivity index is 0.000000220. The molecular weight excluding hydrogens is 2130 g/mol. The van der Waals surface area contributed by atoms with E-state index in [1.165, 1.54) is 102 Å². The molecule has 0 unspecified atom stereocenters. The molecule has 50 heteroatoms. The van der Waals surface area contributed by atoms with E-state index in [1.54, 1.807) is 59.9 Å². The normalized spacial score (nSPS) is 11.5. The number of rotatable bonds is 33. The van der Waals surface area contributed by atoms with E-state index in [2.05, 4.69) is 55.5 Å². The van der Waals surface area contributed by atoms with E-state index in [9.17, 15) is 79.2 Å². The molecule has 0 fully saturated rings. The second-order valence-corrected chi connectivity index (χ2v) is 38.9. The van der Waals surface area contributed by atoms with Crippen LogP contribution in [0.5, 0.6) is 23.0 Å². The summed E-state index contributed by atoms with van der Waals surface area (Å²) in [5, 5.41) is 1.32. The van der Waals surface area contributed by atoms with Crippen LogP contribution < -0.4 is 47.8 Å². The van der Waals surface area contributed by atoms with Gasteiger partial charge in [0.2, 0.25) is 11.6 Å². The molecule has 5 N–H and O–H groups in total. The number of pyridine rings is 6. The third-order valence-corrected chi connectivity index (χ3v) is 26.6. The Hall–Kier alpha value is -13.4. The Labute approximate surface area is 851 Å². The maximum atomic E-state index is 14.2. The fourth-order valence-corrected chi connectivity index (χ4v) is 18.2. The van der Waals surface area contributed by atoms with Crippen molar-refractivity contribution in [2.45, 2.75) is 80.2 Å². The maximum absolute atomic E-state index is 14.2. The number of nitrogens with zero attached hydrogens (tertiary/aromatic N) is 11. The zero-order valence-corrected chi connectivity index (χ0v) is 85.2. The zero-order valence-electron chi connectivity index (χ0n) is 78.1. The number of ketones is 2. The summed E-state index contributed by atoms with van der Waals surface area (Å²) >= 11 is 21.1. The first-order valence-electron chi connectivity index (χ1n) is 41.6. The number of aromatic nitrogens is 6. The lowest BCUT2D eigenvalue weighted by molar-refractivity contribution is -0.139. The fraction of sp³-hybridized carbons (Fsp3) is 0.211. The maximum Gasteiger partial charge on any atom is 0.416 e. The molecule has 0 aliphatic rings. The van der Waals surface area contributed by atoms with Crippen molar-refractivity contribution in [1.29, 1.82) is 0 Å². The number of sulfonamides is 3. The number of carbonyl (C=O) groups excluding carboxylic acids is 3. The summed E-state index contributed by atoms with van der Waals surface area (Å²) in [5.74, 6) is 2.54. The van der Waals surface area contributed by atoms with Gasteiger partial charge in [-0.25, -0.2) is 68.8 Å². The predicted molar refractivity (Wildman–Crippen MR) is 527 cm³/mol. The average Bonchev–Trinajstić information content (AvgIpc) is 0.747. The van der Waals surface area contributed by atoms with E-state index < -0.39 is 115 Å². The number of benzene rings is 7. The number of nitrogens with one attached hydrogen (secondary N) is 1. The summed E-state index contributed by atoms with van der Waals surface area (Å²) < 4.78 is 266. The number of halogens is 13. The number of ether oxygens (including phenoxy) is 6. The van der Waals surface area contributed by atoms with Crippen molar-refractivity contribution in [1.82, 2.24) is 35.0 Å². The fourth-order valence-electron chi connectivity index (χ4n) is 13.3. The number of aryl methyl sites for hydroxylation is 3. The van der Waals surface area contributed by atoms with E-state index in [0.717, 1.165) is 86.7 Å². The van der Waals surface area contributed by atoms with Crippen LogP contribution in [0.4, 0.5) is 74.0 Å². The van der Waals surface area contributed by atoms with Gasteiger partial charge in [-0.2, -0.15) is 47.9 Å². The Kier molecular flexibility index (Phi) is 40.0. The van der Waals surface area contributed by atoms with Crippen LogP contribution in [0.2, 0.25) is 15.1 Å². The van der Waals surface area contributed by atoms with Crippen molar-refractivity contribution >= 4 is 143 Å². The van der Waals surface area contributed by atoms with Crippen LogP contribution >= 0.6 is 50.7 Å². The summed E-state index contributed by atoms with van der Waals surface area (Å²) in [4.78, 5) is 71.7. The summed E-state index contributed by atoms with van der Waals surface area (Å²) in [5.41, 5.74) is 5.49. The number of hydrogen-bond acceptors (Lipinski definition) is 27. The van der Waals surface area contributed by atoms with Crippen molar-refractivity contribution in [3.63, 3.8) is 0 Å². The molecule has 770 valence electrons.